The van der Waals surface area contributed by atoms with E-state index in [2.05, 4.69) is 16.8 Å². The number of carbonyl (C=O) groups is 1. The molecule has 35 heavy (non-hydrogen) atoms. The fourth-order valence-electron chi connectivity index (χ4n) is 5.62. The number of amides is 1. The normalized spacial score (nSPS) is 20.1. The molecule has 184 valence electrons. The summed E-state index contributed by atoms with van der Waals surface area (Å²) in [5.41, 5.74) is 2.42. The Balaban J connectivity index is 1.36. The first-order chi connectivity index (χ1) is 17.0. The van der Waals surface area contributed by atoms with Crippen LogP contribution >= 0.6 is 0 Å². The number of methoxy groups -OCH3 is 1. The highest BCUT2D eigenvalue weighted by molar-refractivity contribution is 5.84. The van der Waals surface area contributed by atoms with Gasteiger partial charge in [-0.1, -0.05) is 36.4 Å². The summed E-state index contributed by atoms with van der Waals surface area (Å²) < 4.78 is 19.4. The van der Waals surface area contributed by atoms with E-state index in [-0.39, 0.29) is 17.3 Å². The third-order valence-electron chi connectivity index (χ3n) is 7.74. The van der Waals surface area contributed by atoms with Crippen molar-refractivity contribution >= 4 is 16.8 Å². The molecular formula is C28H33FN4O2. The first-order valence-corrected chi connectivity index (χ1v) is 12.4. The predicted octanol–water partition coefficient (Wildman–Crippen LogP) is 3.83. The number of likely N-dealkylation sites (N-methyl/N-ethyl adjacent to an activating group) is 1. The van der Waals surface area contributed by atoms with Crippen LogP contribution in [0.25, 0.3) is 10.9 Å². The van der Waals surface area contributed by atoms with Crippen molar-refractivity contribution in [2.45, 2.75) is 24.5 Å². The van der Waals surface area contributed by atoms with Gasteiger partial charge in [0.15, 0.2) is 6.10 Å². The molecular weight excluding hydrogens is 443 g/mol. The van der Waals surface area contributed by atoms with Crippen LogP contribution < -0.4 is 0 Å². The minimum atomic E-state index is -0.735. The fourth-order valence-corrected chi connectivity index (χ4v) is 5.62. The first-order valence-electron chi connectivity index (χ1n) is 12.4. The van der Waals surface area contributed by atoms with Crippen LogP contribution in [0.1, 0.15) is 30.2 Å². The Morgan fingerprint density at radius 1 is 0.943 bits per heavy atom. The van der Waals surface area contributed by atoms with Crippen molar-refractivity contribution in [3.63, 3.8) is 0 Å². The third kappa shape index (κ3) is 4.68. The van der Waals surface area contributed by atoms with Gasteiger partial charge in [-0.15, -0.1) is 0 Å². The molecule has 1 atom stereocenters. The van der Waals surface area contributed by atoms with E-state index >= 15 is 0 Å². The number of piperazine rings is 1. The van der Waals surface area contributed by atoms with Gasteiger partial charge in [0.2, 0.25) is 0 Å². The van der Waals surface area contributed by atoms with E-state index < -0.39 is 6.10 Å². The molecule has 1 aromatic heterocycles. The number of pyridine rings is 1. The second-order valence-corrected chi connectivity index (χ2v) is 9.70. The standard InChI is InChI=1S/C28H33FN4O2/c1-31-17-19-33(20-18-31)28(22-8-10-23(29)11-9-22)13-15-32(16-14-28)27(34)26(35-2)25-12-7-21-5-3-4-6-24(21)30-25/h3-12,26H,13-20H2,1-2H3. The Labute approximate surface area is 206 Å². The summed E-state index contributed by atoms with van der Waals surface area (Å²) in [5, 5.41) is 1.03. The van der Waals surface area contributed by atoms with Gasteiger partial charge in [0.1, 0.15) is 5.82 Å². The minimum Gasteiger partial charge on any atom is -0.365 e. The lowest BCUT2D eigenvalue weighted by Gasteiger charge is -2.51. The first kappa shape index (κ1) is 23.9. The molecule has 0 saturated carbocycles. The fraction of sp³-hybridized carbons (Fsp3) is 0.429. The summed E-state index contributed by atoms with van der Waals surface area (Å²) >= 11 is 0. The number of halogens is 1. The van der Waals surface area contributed by atoms with E-state index in [0.717, 1.165) is 55.5 Å². The number of para-hydroxylation sites is 1. The summed E-state index contributed by atoms with van der Waals surface area (Å²) in [7, 11) is 3.71. The van der Waals surface area contributed by atoms with E-state index in [1.165, 1.54) is 0 Å². The summed E-state index contributed by atoms with van der Waals surface area (Å²) in [6.45, 7) is 5.18. The Hall–Kier alpha value is -2.87. The van der Waals surface area contributed by atoms with Crippen molar-refractivity contribution in [1.82, 2.24) is 19.7 Å². The molecule has 3 aromatic rings. The number of nitrogens with zero attached hydrogens (tertiary/aromatic N) is 4. The highest BCUT2D eigenvalue weighted by Crippen LogP contribution is 2.40. The number of aromatic nitrogens is 1. The van der Waals surface area contributed by atoms with Gasteiger partial charge in [0.25, 0.3) is 5.91 Å². The van der Waals surface area contributed by atoms with Gasteiger partial charge in [-0.05, 0) is 49.7 Å². The molecule has 1 unspecified atom stereocenters. The Morgan fingerprint density at radius 2 is 1.63 bits per heavy atom. The molecule has 0 radical (unpaired) electrons. The molecule has 2 aromatic carbocycles. The summed E-state index contributed by atoms with van der Waals surface area (Å²) in [4.78, 5) is 25.1. The molecule has 0 bridgehead atoms. The number of piperidine rings is 1. The minimum absolute atomic E-state index is 0.0543. The van der Waals surface area contributed by atoms with E-state index in [0.29, 0.717) is 18.8 Å². The molecule has 2 aliphatic rings. The van der Waals surface area contributed by atoms with Gasteiger partial charge < -0.3 is 14.5 Å². The molecule has 7 heteroatoms. The monoisotopic (exact) mass is 476 g/mol. The lowest BCUT2D eigenvalue weighted by atomic mass is 9.78. The number of rotatable bonds is 5. The topological polar surface area (TPSA) is 48.9 Å². The van der Waals surface area contributed by atoms with Crippen LogP contribution in [0.15, 0.2) is 60.7 Å². The zero-order chi connectivity index (χ0) is 24.4. The maximum atomic E-state index is 13.7. The van der Waals surface area contributed by atoms with E-state index in [9.17, 15) is 9.18 Å². The Morgan fingerprint density at radius 3 is 2.31 bits per heavy atom. The molecule has 6 nitrogen and oxygen atoms in total. The van der Waals surface area contributed by atoms with Crippen molar-refractivity contribution in [2.24, 2.45) is 0 Å². The second-order valence-electron chi connectivity index (χ2n) is 9.70. The number of fused-ring (bicyclic) bond motifs is 1. The molecule has 2 aliphatic heterocycles. The highest BCUT2D eigenvalue weighted by Gasteiger charge is 2.44. The average molecular weight is 477 g/mol. The summed E-state index contributed by atoms with van der Waals surface area (Å²) in [5.74, 6) is -0.276. The molecule has 0 spiro atoms. The molecule has 3 heterocycles. The van der Waals surface area contributed by atoms with Crippen molar-refractivity contribution < 1.29 is 13.9 Å². The van der Waals surface area contributed by atoms with E-state index in [1.54, 1.807) is 19.2 Å². The van der Waals surface area contributed by atoms with Crippen LogP contribution in [-0.2, 0) is 15.1 Å². The summed E-state index contributed by atoms with van der Waals surface area (Å²) in [6.07, 6.45) is 0.868. The van der Waals surface area contributed by atoms with Gasteiger partial charge in [-0.3, -0.25) is 9.69 Å². The molecule has 2 saturated heterocycles. The van der Waals surface area contributed by atoms with Crippen LogP contribution in [0.5, 0.6) is 0 Å². The van der Waals surface area contributed by atoms with Crippen LogP contribution in [0, 0.1) is 5.82 Å². The zero-order valence-electron chi connectivity index (χ0n) is 20.5. The lowest BCUT2D eigenvalue weighted by molar-refractivity contribution is -0.146. The van der Waals surface area contributed by atoms with Crippen molar-refractivity contribution in [3.05, 3.63) is 77.7 Å². The van der Waals surface area contributed by atoms with Crippen LogP contribution in [0.4, 0.5) is 4.39 Å². The number of benzene rings is 2. The smallest absolute Gasteiger partial charge is 0.257 e. The van der Waals surface area contributed by atoms with Gasteiger partial charge in [0, 0.05) is 57.3 Å². The van der Waals surface area contributed by atoms with Crippen molar-refractivity contribution in [3.8, 4) is 0 Å². The zero-order valence-corrected chi connectivity index (χ0v) is 20.5. The molecule has 2 fully saturated rings. The highest BCUT2D eigenvalue weighted by atomic mass is 19.1. The van der Waals surface area contributed by atoms with Crippen LogP contribution in [0.2, 0.25) is 0 Å². The number of likely N-dealkylation sites (tertiary alicyclic amines) is 1. The maximum Gasteiger partial charge on any atom is 0.257 e. The number of carbonyl (C=O) groups excluding carboxylic acids is 1. The van der Waals surface area contributed by atoms with Crippen molar-refractivity contribution in [2.75, 3.05) is 53.4 Å². The lowest BCUT2D eigenvalue weighted by Crippen LogP contribution is -2.59. The van der Waals surface area contributed by atoms with Gasteiger partial charge in [-0.2, -0.15) is 0 Å². The SMILES string of the molecule is COC(C(=O)N1CCC(c2ccc(F)cc2)(N2CCN(C)CC2)CC1)c1ccc2ccccc2n1. The predicted molar refractivity (Wildman–Crippen MR) is 134 cm³/mol. The van der Waals surface area contributed by atoms with Crippen LogP contribution in [0.3, 0.4) is 0 Å². The molecule has 0 aliphatic carbocycles. The Bertz CT molecular complexity index is 1170. The Kier molecular flexibility index (Phi) is 6.82. The average Bonchev–Trinajstić information content (AvgIpc) is 2.90. The van der Waals surface area contributed by atoms with Gasteiger partial charge in [-0.25, -0.2) is 9.37 Å². The molecule has 0 N–H and O–H groups in total. The quantitative estimate of drug-likeness (QED) is 0.560. The van der Waals surface area contributed by atoms with E-state index in [4.69, 9.17) is 9.72 Å². The molecule has 1 amide bonds. The number of ether oxygens (including phenoxy) is 1. The summed E-state index contributed by atoms with van der Waals surface area (Å²) in [6, 6.07) is 18.7. The molecule has 5 rings (SSSR count). The number of hydrogen-bond acceptors (Lipinski definition) is 5. The van der Waals surface area contributed by atoms with Crippen molar-refractivity contribution in [1.29, 1.82) is 0 Å². The van der Waals surface area contributed by atoms with Crippen LogP contribution in [-0.4, -0.2) is 79.0 Å². The number of hydrogen-bond donors (Lipinski definition) is 0. The van der Waals surface area contributed by atoms with E-state index in [1.807, 2.05) is 53.4 Å². The second kappa shape index (κ2) is 10.0. The third-order valence-corrected chi connectivity index (χ3v) is 7.74. The van der Waals surface area contributed by atoms with Gasteiger partial charge in [0.05, 0.1) is 11.2 Å². The largest absolute Gasteiger partial charge is 0.365 e. The maximum absolute atomic E-state index is 13.7. The van der Waals surface area contributed by atoms with Gasteiger partial charge >= 0.3 is 0 Å².